The van der Waals surface area contributed by atoms with Crippen molar-refractivity contribution in [1.82, 2.24) is 0 Å². The maximum absolute atomic E-state index is 10.7. The van der Waals surface area contributed by atoms with Crippen LogP contribution in [0.1, 0.15) is 10.4 Å². The summed E-state index contributed by atoms with van der Waals surface area (Å²) < 4.78 is 5.02. The summed E-state index contributed by atoms with van der Waals surface area (Å²) in [5, 5.41) is 17.3. The number of hydrogen-bond donors (Lipinski definition) is 3. The Morgan fingerprint density at radius 1 is 1.50 bits per heavy atom. The summed E-state index contributed by atoms with van der Waals surface area (Å²) in [5.41, 5.74) is 5.92. The zero-order valence-corrected chi connectivity index (χ0v) is 7.43. The van der Waals surface area contributed by atoms with Crippen LogP contribution in [0.25, 0.3) is 0 Å². The van der Waals surface area contributed by atoms with Gasteiger partial charge in [-0.25, -0.2) is 4.79 Å². The van der Waals surface area contributed by atoms with Crippen LogP contribution in [0.4, 0.5) is 5.69 Å². The summed E-state index contributed by atoms with van der Waals surface area (Å²) in [5.74, 6) is -0.913. The highest BCUT2D eigenvalue weighted by atomic mass is 16.5. The molecule has 1 rings (SSSR count). The predicted octanol–water partition coefficient (Wildman–Crippen LogP) is 0.338. The first-order chi connectivity index (χ1) is 6.65. The summed E-state index contributed by atoms with van der Waals surface area (Å²) in [7, 11) is 0. The van der Waals surface area contributed by atoms with Crippen LogP contribution >= 0.6 is 0 Å². The molecule has 0 bridgehead atoms. The fourth-order valence-corrected chi connectivity index (χ4v) is 0.991. The van der Waals surface area contributed by atoms with Gasteiger partial charge in [0.2, 0.25) is 0 Å². The van der Waals surface area contributed by atoms with Crippen molar-refractivity contribution < 1.29 is 19.7 Å². The Kier molecular flexibility index (Phi) is 3.30. The lowest BCUT2D eigenvalue weighted by Gasteiger charge is -2.08. The van der Waals surface area contributed by atoms with Gasteiger partial charge < -0.3 is 20.7 Å². The number of carboxylic acid groups (broad SMARTS) is 1. The fraction of sp³-hybridized carbons (Fsp3) is 0.222. The quantitative estimate of drug-likeness (QED) is 0.605. The SMILES string of the molecule is Nc1ccc(C(=O)O)c(OCCO)c1. The summed E-state index contributed by atoms with van der Waals surface area (Å²) in [4.78, 5) is 10.7. The maximum Gasteiger partial charge on any atom is 0.339 e. The zero-order valence-electron chi connectivity index (χ0n) is 7.43. The molecular formula is C9H11NO4. The largest absolute Gasteiger partial charge is 0.490 e. The molecule has 0 aliphatic heterocycles. The Hall–Kier alpha value is -1.75. The van der Waals surface area contributed by atoms with Crippen molar-refractivity contribution >= 4 is 11.7 Å². The number of nitrogens with two attached hydrogens (primary N) is 1. The molecule has 0 spiro atoms. The van der Waals surface area contributed by atoms with Gasteiger partial charge in [0, 0.05) is 11.8 Å². The first-order valence-corrected chi connectivity index (χ1v) is 4.01. The Morgan fingerprint density at radius 2 is 2.21 bits per heavy atom. The van der Waals surface area contributed by atoms with Gasteiger partial charge in [0.25, 0.3) is 0 Å². The molecule has 0 unspecified atom stereocenters. The van der Waals surface area contributed by atoms with Crippen molar-refractivity contribution in [3.8, 4) is 5.75 Å². The lowest BCUT2D eigenvalue weighted by molar-refractivity contribution is 0.0691. The van der Waals surface area contributed by atoms with Crippen LogP contribution in [0, 0.1) is 0 Å². The highest BCUT2D eigenvalue weighted by molar-refractivity contribution is 5.91. The second-order valence-electron chi connectivity index (χ2n) is 2.63. The highest BCUT2D eigenvalue weighted by Crippen LogP contribution is 2.21. The first kappa shape index (κ1) is 10.3. The van der Waals surface area contributed by atoms with Gasteiger partial charge in [0.1, 0.15) is 17.9 Å². The Morgan fingerprint density at radius 3 is 2.79 bits per heavy atom. The molecule has 0 aliphatic carbocycles. The first-order valence-electron chi connectivity index (χ1n) is 4.01. The van der Waals surface area contributed by atoms with E-state index in [9.17, 15) is 4.79 Å². The molecule has 0 aromatic heterocycles. The van der Waals surface area contributed by atoms with Gasteiger partial charge in [0.15, 0.2) is 0 Å². The average molecular weight is 197 g/mol. The number of aromatic carboxylic acids is 1. The van der Waals surface area contributed by atoms with Gasteiger partial charge in [-0.2, -0.15) is 0 Å². The highest BCUT2D eigenvalue weighted by Gasteiger charge is 2.10. The van der Waals surface area contributed by atoms with Crippen LogP contribution in [0.3, 0.4) is 0 Å². The molecule has 0 heterocycles. The van der Waals surface area contributed by atoms with Gasteiger partial charge in [-0.05, 0) is 12.1 Å². The van der Waals surface area contributed by atoms with Crippen molar-refractivity contribution in [3.63, 3.8) is 0 Å². The van der Waals surface area contributed by atoms with Crippen molar-refractivity contribution in [2.45, 2.75) is 0 Å². The lowest BCUT2D eigenvalue weighted by atomic mass is 10.2. The van der Waals surface area contributed by atoms with E-state index >= 15 is 0 Å². The molecule has 5 heteroatoms. The summed E-state index contributed by atoms with van der Waals surface area (Å²) in [6.07, 6.45) is 0. The number of aliphatic hydroxyl groups excluding tert-OH is 1. The number of hydrogen-bond acceptors (Lipinski definition) is 4. The second-order valence-corrected chi connectivity index (χ2v) is 2.63. The molecule has 0 fully saturated rings. The van der Waals surface area contributed by atoms with Crippen molar-refractivity contribution in [2.24, 2.45) is 0 Å². The van der Waals surface area contributed by atoms with E-state index in [1.165, 1.54) is 18.2 Å². The van der Waals surface area contributed by atoms with Crippen molar-refractivity contribution in [1.29, 1.82) is 0 Å². The van der Waals surface area contributed by atoms with E-state index < -0.39 is 5.97 Å². The standard InChI is InChI=1S/C9H11NO4/c10-6-1-2-7(9(12)13)8(5-6)14-4-3-11/h1-2,5,11H,3-4,10H2,(H,12,13). The normalized spacial score (nSPS) is 9.79. The molecule has 76 valence electrons. The van der Waals surface area contributed by atoms with Crippen LogP contribution < -0.4 is 10.5 Å². The van der Waals surface area contributed by atoms with E-state index in [2.05, 4.69) is 0 Å². The van der Waals surface area contributed by atoms with Crippen LogP contribution in [0.15, 0.2) is 18.2 Å². The number of anilines is 1. The lowest BCUT2D eigenvalue weighted by Crippen LogP contribution is -2.07. The van der Waals surface area contributed by atoms with Gasteiger partial charge in [-0.15, -0.1) is 0 Å². The zero-order chi connectivity index (χ0) is 10.6. The Bertz CT molecular complexity index is 338. The number of rotatable bonds is 4. The average Bonchev–Trinajstić information content (AvgIpc) is 2.14. The summed E-state index contributed by atoms with van der Waals surface area (Å²) in [6, 6.07) is 4.26. The molecule has 0 atom stereocenters. The van der Waals surface area contributed by atoms with Crippen LogP contribution in [-0.2, 0) is 0 Å². The minimum atomic E-state index is -1.09. The molecule has 4 N–H and O–H groups in total. The summed E-state index contributed by atoms with van der Waals surface area (Å²) in [6.45, 7) is -0.127. The smallest absolute Gasteiger partial charge is 0.339 e. The van der Waals surface area contributed by atoms with Crippen LogP contribution in [-0.4, -0.2) is 29.4 Å². The van der Waals surface area contributed by atoms with E-state index in [1.54, 1.807) is 0 Å². The van der Waals surface area contributed by atoms with Gasteiger partial charge >= 0.3 is 5.97 Å². The van der Waals surface area contributed by atoms with Crippen molar-refractivity contribution in [2.75, 3.05) is 18.9 Å². The minimum Gasteiger partial charge on any atom is -0.490 e. The summed E-state index contributed by atoms with van der Waals surface area (Å²) >= 11 is 0. The molecule has 0 amide bonds. The van der Waals surface area contributed by atoms with E-state index in [0.29, 0.717) is 5.69 Å². The third-order valence-electron chi connectivity index (χ3n) is 1.58. The molecule has 5 nitrogen and oxygen atoms in total. The molecule has 0 radical (unpaired) electrons. The topological polar surface area (TPSA) is 92.8 Å². The monoisotopic (exact) mass is 197 g/mol. The number of carboxylic acids is 1. The number of ether oxygens (including phenoxy) is 1. The predicted molar refractivity (Wildman–Crippen MR) is 50.4 cm³/mol. The van der Waals surface area contributed by atoms with E-state index in [1.807, 2.05) is 0 Å². The maximum atomic E-state index is 10.7. The molecule has 0 saturated carbocycles. The Balaban J connectivity index is 2.97. The molecule has 14 heavy (non-hydrogen) atoms. The fourth-order valence-electron chi connectivity index (χ4n) is 0.991. The van der Waals surface area contributed by atoms with Crippen molar-refractivity contribution in [3.05, 3.63) is 23.8 Å². The minimum absolute atomic E-state index is 0.0349. The number of benzene rings is 1. The molecule has 0 saturated heterocycles. The van der Waals surface area contributed by atoms with Crippen LogP contribution in [0.2, 0.25) is 0 Å². The van der Waals surface area contributed by atoms with E-state index in [4.69, 9.17) is 20.7 Å². The number of aliphatic hydroxyl groups is 1. The molecule has 1 aromatic rings. The Labute approximate surface area is 80.7 Å². The van der Waals surface area contributed by atoms with Gasteiger partial charge in [0.05, 0.1) is 6.61 Å². The second kappa shape index (κ2) is 4.48. The number of carbonyl (C=O) groups is 1. The molecule has 1 aromatic carbocycles. The molecular weight excluding hydrogens is 186 g/mol. The van der Waals surface area contributed by atoms with Gasteiger partial charge in [-0.1, -0.05) is 0 Å². The molecule has 0 aliphatic rings. The van der Waals surface area contributed by atoms with E-state index in [-0.39, 0.29) is 24.5 Å². The third-order valence-corrected chi connectivity index (χ3v) is 1.58. The van der Waals surface area contributed by atoms with Gasteiger partial charge in [-0.3, -0.25) is 0 Å². The third kappa shape index (κ3) is 2.37. The van der Waals surface area contributed by atoms with Crippen LogP contribution in [0.5, 0.6) is 5.75 Å². The van der Waals surface area contributed by atoms with E-state index in [0.717, 1.165) is 0 Å². The number of nitrogen functional groups attached to an aromatic ring is 1.